The number of nitrogens with zero attached hydrogens (tertiary/aromatic N) is 2. The first kappa shape index (κ1) is 31.2. The van der Waals surface area contributed by atoms with Crippen LogP contribution in [-0.2, 0) is 4.79 Å². The van der Waals surface area contributed by atoms with Crippen molar-refractivity contribution < 1.29 is 9.90 Å². The number of piperidine rings is 1. The lowest BCUT2D eigenvalue weighted by molar-refractivity contribution is -0.146. The molecular formula is C27H37Cl4N3O2. The van der Waals surface area contributed by atoms with E-state index in [4.69, 9.17) is 23.2 Å². The number of rotatable bonds is 6. The number of halogens is 4. The zero-order valence-corrected chi connectivity index (χ0v) is 24.0. The van der Waals surface area contributed by atoms with Crippen LogP contribution in [0.5, 0.6) is 0 Å². The number of carbonyl (C=O) groups excluding carboxylic acids is 1. The van der Waals surface area contributed by atoms with Gasteiger partial charge in [0, 0.05) is 36.1 Å². The molecule has 5 nitrogen and oxygen atoms in total. The SMILES string of the molecule is CC(C)(O)[C@H]1CN(C(c2ccc(Cl)cc2)c2ccc(Cl)cc2)CCN1C(=O)CC1CCNCC1.Cl.Cl. The number of aliphatic hydroxyl groups is 1. The molecule has 2 aromatic rings. The van der Waals surface area contributed by atoms with Crippen LogP contribution in [0.4, 0.5) is 0 Å². The first-order chi connectivity index (χ1) is 16.2. The molecule has 0 radical (unpaired) electrons. The van der Waals surface area contributed by atoms with E-state index in [-0.39, 0.29) is 42.8 Å². The summed E-state index contributed by atoms with van der Waals surface area (Å²) in [5.41, 5.74) is 1.22. The highest BCUT2D eigenvalue weighted by molar-refractivity contribution is 6.30. The summed E-state index contributed by atoms with van der Waals surface area (Å²) < 4.78 is 0. The standard InChI is InChI=1S/C27H35Cl2N3O2.2ClH/c1-27(2,34)24-18-31(15-16-32(24)25(33)17-19-11-13-30-14-12-19)26(20-3-7-22(28)8-4-20)21-5-9-23(29)10-6-21;;/h3-10,19,24,26,30,34H,11-18H2,1-2H3;2*1H/t24-;;/m1../s1. The molecule has 200 valence electrons. The van der Waals surface area contributed by atoms with Gasteiger partial charge in [-0.1, -0.05) is 47.5 Å². The van der Waals surface area contributed by atoms with Crippen molar-refractivity contribution in [2.45, 2.75) is 50.8 Å². The third kappa shape index (κ3) is 7.73. The van der Waals surface area contributed by atoms with Crippen LogP contribution in [0.25, 0.3) is 0 Å². The molecular weight excluding hydrogens is 540 g/mol. The van der Waals surface area contributed by atoms with Crippen molar-refractivity contribution in [1.82, 2.24) is 15.1 Å². The Labute approximate surface area is 237 Å². The maximum Gasteiger partial charge on any atom is 0.223 e. The molecule has 1 atom stereocenters. The number of amides is 1. The molecule has 0 spiro atoms. The number of benzene rings is 2. The summed E-state index contributed by atoms with van der Waals surface area (Å²) in [6.07, 6.45) is 2.63. The van der Waals surface area contributed by atoms with Gasteiger partial charge in [0.25, 0.3) is 0 Å². The van der Waals surface area contributed by atoms with Crippen LogP contribution in [0.3, 0.4) is 0 Å². The molecule has 2 aromatic carbocycles. The Morgan fingerprint density at radius 3 is 1.94 bits per heavy atom. The van der Waals surface area contributed by atoms with Crippen LogP contribution in [-0.4, -0.2) is 65.2 Å². The normalized spacial score (nSPS) is 19.5. The minimum atomic E-state index is -1.02. The third-order valence-corrected chi connectivity index (χ3v) is 7.71. The number of nitrogens with one attached hydrogen (secondary N) is 1. The highest BCUT2D eigenvalue weighted by Crippen LogP contribution is 2.34. The van der Waals surface area contributed by atoms with Crippen LogP contribution < -0.4 is 5.32 Å². The number of hydrogen-bond acceptors (Lipinski definition) is 4. The van der Waals surface area contributed by atoms with E-state index in [1.807, 2.05) is 43.0 Å². The van der Waals surface area contributed by atoms with Crippen molar-refractivity contribution in [2.24, 2.45) is 5.92 Å². The van der Waals surface area contributed by atoms with Crippen LogP contribution in [0.15, 0.2) is 48.5 Å². The lowest BCUT2D eigenvalue weighted by atomic mass is 9.89. The van der Waals surface area contributed by atoms with Crippen LogP contribution in [0.1, 0.15) is 50.3 Å². The summed E-state index contributed by atoms with van der Waals surface area (Å²) in [6, 6.07) is 15.5. The second-order valence-corrected chi connectivity index (χ2v) is 11.0. The first-order valence-corrected chi connectivity index (χ1v) is 13.0. The molecule has 36 heavy (non-hydrogen) atoms. The molecule has 0 bridgehead atoms. The van der Waals surface area contributed by atoms with Gasteiger partial charge in [0.2, 0.25) is 5.91 Å². The van der Waals surface area contributed by atoms with Gasteiger partial charge in [-0.05, 0) is 81.1 Å². The predicted octanol–water partition coefficient (Wildman–Crippen LogP) is 5.60. The fourth-order valence-corrected chi connectivity index (χ4v) is 5.55. The van der Waals surface area contributed by atoms with Gasteiger partial charge < -0.3 is 15.3 Å². The van der Waals surface area contributed by atoms with E-state index in [0.717, 1.165) is 43.6 Å². The Balaban J connectivity index is 0.00000228. The van der Waals surface area contributed by atoms with Crippen molar-refractivity contribution >= 4 is 53.9 Å². The van der Waals surface area contributed by atoms with E-state index >= 15 is 0 Å². The van der Waals surface area contributed by atoms with Crippen LogP contribution in [0.2, 0.25) is 10.0 Å². The first-order valence-electron chi connectivity index (χ1n) is 12.2. The number of carbonyl (C=O) groups is 1. The van der Waals surface area contributed by atoms with Crippen molar-refractivity contribution in [3.8, 4) is 0 Å². The van der Waals surface area contributed by atoms with Crippen LogP contribution >= 0.6 is 48.0 Å². The zero-order chi connectivity index (χ0) is 24.3. The molecule has 9 heteroatoms. The van der Waals surface area contributed by atoms with Crippen molar-refractivity contribution in [3.05, 3.63) is 69.7 Å². The van der Waals surface area contributed by atoms with E-state index in [0.29, 0.717) is 35.5 Å². The molecule has 2 saturated heterocycles. The van der Waals surface area contributed by atoms with Crippen molar-refractivity contribution in [3.63, 3.8) is 0 Å². The molecule has 2 N–H and O–H groups in total. The lowest BCUT2D eigenvalue weighted by Crippen LogP contribution is -2.63. The molecule has 0 aliphatic carbocycles. The Morgan fingerprint density at radius 1 is 0.972 bits per heavy atom. The zero-order valence-electron chi connectivity index (χ0n) is 20.8. The predicted molar refractivity (Wildman–Crippen MR) is 153 cm³/mol. The maximum atomic E-state index is 13.4. The average molecular weight is 577 g/mol. The number of piperazine rings is 1. The van der Waals surface area contributed by atoms with E-state index in [2.05, 4.69) is 34.5 Å². The maximum absolute atomic E-state index is 13.4. The van der Waals surface area contributed by atoms with E-state index in [9.17, 15) is 9.90 Å². The third-order valence-electron chi connectivity index (χ3n) is 7.21. The number of hydrogen-bond donors (Lipinski definition) is 2. The molecule has 0 unspecified atom stereocenters. The second-order valence-electron chi connectivity index (χ2n) is 10.2. The van der Waals surface area contributed by atoms with E-state index < -0.39 is 5.60 Å². The van der Waals surface area contributed by atoms with Crippen LogP contribution in [0, 0.1) is 5.92 Å². The minimum absolute atomic E-state index is 0. The van der Waals surface area contributed by atoms with Gasteiger partial charge in [-0.25, -0.2) is 0 Å². The van der Waals surface area contributed by atoms with Gasteiger partial charge in [-0.2, -0.15) is 0 Å². The molecule has 4 rings (SSSR count). The van der Waals surface area contributed by atoms with Gasteiger partial charge in [0.05, 0.1) is 17.7 Å². The average Bonchev–Trinajstić information content (AvgIpc) is 2.82. The van der Waals surface area contributed by atoms with Gasteiger partial charge in [-0.15, -0.1) is 24.8 Å². The summed E-state index contributed by atoms with van der Waals surface area (Å²) >= 11 is 12.3. The summed E-state index contributed by atoms with van der Waals surface area (Å²) in [6.45, 7) is 7.47. The summed E-state index contributed by atoms with van der Waals surface area (Å²) in [4.78, 5) is 17.7. The quantitative estimate of drug-likeness (QED) is 0.470. The van der Waals surface area contributed by atoms with Crippen molar-refractivity contribution in [1.29, 1.82) is 0 Å². The Morgan fingerprint density at radius 2 is 1.47 bits per heavy atom. The van der Waals surface area contributed by atoms with Crippen molar-refractivity contribution in [2.75, 3.05) is 32.7 Å². The lowest BCUT2D eigenvalue weighted by Gasteiger charge is -2.49. The Kier molecular flexibility index (Phi) is 11.8. The minimum Gasteiger partial charge on any atom is -0.388 e. The summed E-state index contributed by atoms with van der Waals surface area (Å²) in [7, 11) is 0. The fraction of sp³-hybridized carbons (Fsp3) is 0.519. The molecule has 0 aromatic heterocycles. The van der Waals surface area contributed by atoms with E-state index in [1.165, 1.54) is 0 Å². The summed E-state index contributed by atoms with van der Waals surface area (Å²) in [5, 5.41) is 15.9. The molecule has 2 heterocycles. The van der Waals surface area contributed by atoms with Gasteiger partial charge in [0.15, 0.2) is 0 Å². The second kappa shape index (κ2) is 13.7. The summed E-state index contributed by atoms with van der Waals surface area (Å²) in [5.74, 6) is 0.582. The highest BCUT2D eigenvalue weighted by atomic mass is 35.5. The Hall–Kier alpha value is -1.05. The fourth-order valence-electron chi connectivity index (χ4n) is 5.30. The Bertz CT molecular complexity index is 915. The smallest absolute Gasteiger partial charge is 0.223 e. The molecule has 2 aliphatic heterocycles. The molecule has 1 amide bonds. The van der Waals surface area contributed by atoms with E-state index in [1.54, 1.807) is 0 Å². The molecule has 2 aliphatic rings. The highest BCUT2D eigenvalue weighted by Gasteiger charge is 2.41. The molecule has 0 saturated carbocycles. The topological polar surface area (TPSA) is 55.8 Å². The van der Waals surface area contributed by atoms with Gasteiger partial charge >= 0.3 is 0 Å². The van der Waals surface area contributed by atoms with Gasteiger partial charge in [-0.3, -0.25) is 9.69 Å². The largest absolute Gasteiger partial charge is 0.388 e. The molecule has 2 fully saturated rings. The van der Waals surface area contributed by atoms with Gasteiger partial charge in [0.1, 0.15) is 0 Å². The monoisotopic (exact) mass is 575 g/mol.